The summed E-state index contributed by atoms with van der Waals surface area (Å²) in [5.41, 5.74) is 8.46. The summed E-state index contributed by atoms with van der Waals surface area (Å²) in [5, 5.41) is 7.27. The van der Waals surface area contributed by atoms with Crippen molar-refractivity contribution in [2.24, 2.45) is 5.73 Å². The molecule has 0 saturated heterocycles. The summed E-state index contributed by atoms with van der Waals surface area (Å²) in [6.45, 7) is 0. The minimum atomic E-state index is -0.0992. The van der Waals surface area contributed by atoms with Crippen molar-refractivity contribution in [1.29, 1.82) is 5.41 Å². The molecule has 1 aromatic heterocycles. The normalized spacial score (nSPS) is 13.6. The maximum atomic E-state index is 7.27. The molecule has 3 rings (SSSR count). The topological polar surface area (TPSA) is 84.9 Å². The Bertz CT molecular complexity index is 637. The first-order valence-corrected chi connectivity index (χ1v) is 6.68. The van der Waals surface area contributed by atoms with Gasteiger partial charge in [-0.3, -0.25) is 5.41 Å². The van der Waals surface area contributed by atoms with Gasteiger partial charge >= 0.3 is 0 Å². The van der Waals surface area contributed by atoms with E-state index in [0.29, 0.717) is 11.6 Å². The quantitative estimate of drug-likeness (QED) is 0.661. The molecule has 20 heavy (non-hydrogen) atoms. The molecule has 1 aliphatic carbocycles. The molecule has 0 aliphatic heterocycles. The monoisotopic (exact) mass is 268 g/mol. The Morgan fingerprint density at radius 1 is 1.10 bits per heavy atom. The average molecular weight is 268 g/mol. The maximum Gasteiger partial charge on any atom is 0.237 e. The third-order valence-electron chi connectivity index (χ3n) is 3.45. The van der Waals surface area contributed by atoms with E-state index < -0.39 is 0 Å². The number of nitrogens with zero attached hydrogens (tertiary/aromatic N) is 2. The summed E-state index contributed by atoms with van der Waals surface area (Å²) in [6, 6.07) is 6.17. The molecular weight excluding hydrogens is 252 g/mol. The number of amidine groups is 1. The third kappa shape index (κ3) is 2.61. The number of aromatic nitrogens is 2. The van der Waals surface area contributed by atoms with E-state index in [2.05, 4.69) is 22.1 Å². The first-order valence-electron chi connectivity index (χ1n) is 6.68. The van der Waals surface area contributed by atoms with Gasteiger partial charge in [0.15, 0.2) is 0 Å². The number of fused-ring (bicyclic) bond motifs is 1. The van der Waals surface area contributed by atoms with Gasteiger partial charge in [0.1, 0.15) is 17.3 Å². The lowest BCUT2D eigenvalue weighted by Crippen LogP contribution is -2.13. The van der Waals surface area contributed by atoms with Crippen molar-refractivity contribution in [3.8, 4) is 11.6 Å². The number of nitrogens with two attached hydrogens (primary N) is 1. The molecule has 1 aromatic carbocycles. The number of rotatable bonds is 3. The number of hydrogen-bond donors (Lipinski definition) is 2. The van der Waals surface area contributed by atoms with Gasteiger partial charge in [0.2, 0.25) is 5.88 Å². The van der Waals surface area contributed by atoms with Crippen LogP contribution in [0.4, 0.5) is 0 Å². The predicted molar refractivity (Wildman–Crippen MR) is 76.2 cm³/mol. The van der Waals surface area contributed by atoms with Crippen LogP contribution in [0, 0.1) is 5.41 Å². The lowest BCUT2D eigenvalue weighted by atomic mass is 9.92. The SMILES string of the molecule is N=C(N)c1cnc(Oc2ccc3c(c2)CCCC3)cn1. The molecule has 0 amide bonds. The van der Waals surface area contributed by atoms with Crippen LogP contribution < -0.4 is 10.5 Å². The van der Waals surface area contributed by atoms with Gasteiger partial charge in [-0.15, -0.1) is 0 Å². The second kappa shape index (κ2) is 5.28. The van der Waals surface area contributed by atoms with Crippen molar-refractivity contribution in [2.45, 2.75) is 25.7 Å². The van der Waals surface area contributed by atoms with E-state index in [4.69, 9.17) is 15.9 Å². The summed E-state index contributed by atoms with van der Waals surface area (Å²) in [4.78, 5) is 8.13. The van der Waals surface area contributed by atoms with Crippen molar-refractivity contribution in [3.05, 3.63) is 47.4 Å². The first kappa shape index (κ1) is 12.6. The summed E-state index contributed by atoms with van der Waals surface area (Å²) in [7, 11) is 0. The zero-order valence-corrected chi connectivity index (χ0v) is 11.1. The Morgan fingerprint density at radius 3 is 2.60 bits per heavy atom. The van der Waals surface area contributed by atoms with E-state index >= 15 is 0 Å². The highest BCUT2D eigenvalue weighted by atomic mass is 16.5. The van der Waals surface area contributed by atoms with Crippen LogP contribution >= 0.6 is 0 Å². The predicted octanol–water partition coefficient (Wildman–Crippen LogP) is 2.43. The van der Waals surface area contributed by atoms with E-state index in [1.807, 2.05) is 6.07 Å². The Kier molecular flexibility index (Phi) is 3.33. The van der Waals surface area contributed by atoms with E-state index in [9.17, 15) is 0 Å². The number of benzene rings is 1. The van der Waals surface area contributed by atoms with Crippen molar-refractivity contribution in [1.82, 2.24) is 9.97 Å². The number of ether oxygens (including phenoxy) is 1. The van der Waals surface area contributed by atoms with Gasteiger partial charge in [0.25, 0.3) is 0 Å². The van der Waals surface area contributed by atoms with Crippen molar-refractivity contribution in [3.63, 3.8) is 0 Å². The molecule has 3 N–H and O–H groups in total. The van der Waals surface area contributed by atoms with E-state index in [1.165, 1.54) is 36.4 Å². The van der Waals surface area contributed by atoms with Crippen LogP contribution in [0.3, 0.4) is 0 Å². The molecule has 0 unspecified atom stereocenters. The minimum absolute atomic E-state index is 0.0992. The summed E-state index contributed by atoms with van der Waals surface area (Å²) < 4.78 is 5.69. The molecule has 2 aromatic rings. The van der Waals surface area contributed by atoms with Crippen LogP contribution in [0.15, 0.2) is 30.6 Å². The van der Waals surface area contributed by atoms with Crippen LogP contribution in [0.5, 0.6) is 11.6 Å². The summed E-state index contributed by atoms with van der Waals surface area (Å²) in [6.07, 6.45) is 7.70. The Balaban J connectivity index is 1.78. The van der Waals surface area contributed by atoms with Gasteiger partial charge in [-0.05, 0) is 48.9 Å². The summed E-state index contributed by atoms with van der Waals surface area (Å²) >= 11 is 0. The second-order valence-electron chi connectivity index (χ2n) is 4.89. The van der Waals surface area contributed by atoms with Crippen molar-refractivity contribution in [2.75, 3.05) is 0 Å². The van der Waals surface area contributed by atoms with Crippen LogP contribution in [-0.2, 0) is 12.8 Å². The van der Waals surface area contributed by atoms with E-state index in [1.54, 1.807) is 0 Å². The maximum absolute atomic E-state index is 7.27. The van der Waals surface area contributed by atoms with Crippen molar-refractivity contribution < 1.29 is 4.74 Å². The average Bonchev–Trinajstić information content (AvgIpc) is 2.48. The molecular formula is C15H16N4O. The fraction of sp³-hybridized carbons (Fsp3) is 0.267. The van der Waals surface area contributed by atoms with Gasteiger partial charge in [-0.1, -0.05) is 6.07 Å². The molecule has 0 bridgehead atoms. The molecule has 0 radical (unpaired) electrons. The Labute approximate surface area is 117 Å². The van der Waals surface area contributed by atoms with Gasteiger partial charge < -0.3 is 10.5 Å². The minimum Gasteiger partial charge on any atom is -0.437 e. The van der Waals surface area contributed by atoms with Crippen molar-refractivity contribution >= 4 is 5.84 Å². The van der Waals surface area contributed by atoms with Crippen LogP contribution in [0.2, 0.25) is 0 Å². The second-order valence-corrected chi connectivity index (χ2v) is 4.89. The largest absolute Gasteiger partial charge is 0.437 e. The zero-order chi connectivity index (χ0) is 13.9. The lowest BCUT2D eigenvalue weighted by Gasteiger charge is -2.16. The molecule has 0 fully saturated rings. The van der Waals surface area contributed by atoms with Crippen LogP contribution in [-0.4, -0.2) is 15.8 Å². The molecule has 1 aliphatic rings. The van der Waals surface area contributed by atoms with Crippen LogP contribution in [0.25, 0.3) is 0 Å². The highest BCUT2D eigenvalue weighted by Gasteiger charge is 2.10. The Morgan fingerprint density at radius 2 is 1.90 bits per heavy atom. The third-order valence-corrected chi connectivity index (χ3v) is 3.45. The first-order chi connectivity index (χ1) is 9.72. The summed E-state index contributed by atoms with van der Waals surface area (Å²) in [5.74, 6) is 1.08. The standard InChI is InChI=1S/C15H16N4O/c16-15(17)13-8-19-14(9-18-13)20-12-6-5-10-3-1-2-4-11(10)7-12/h5-9H,1-4H2,(H3,16,17). The number of nitrogen functional groups attached to an aromatic ring is 1. The lowest BCUT2D eigenvalue weighted by molar-refractivity contribution is 0.458. The fourth-order valence-electron chi connectivity index (χ4n) is 2.40. The molecule has 5 nitrogen and oxygen atoms in total. The molecule has 0 spiro atoms. The van der Waals surface area contributed by atoms with Gasteiger partial charge in [-0.25, -0.2) is 9.97 Å². The highest BCUT2D eigenvalue weighted by Crippen LogP contribution is 2.27. The van der Waals surface area contributed by atoms with E-state index in [0.717, 1.165) is 18.6 Å². The van der Waals surface area contributed by atoms with Crippen LogP contribution in [0.1, 0.15) is 29.7 Å². The van der Waals surface area contributed by atoms with Gasteiger partial charge in [0, 0.05) is 0 Å². The van der Waals surface area contributed by atoms with Gasteiger partial charge in [-0.2, -0.15) is 0 Å². The number of hydrogen-bond acceptors (Lipinski definition) is 4. The molecule has 1 heterocycles. The van der Waals surface area contributed by atoms with E-state index in [-0.39, 0.29) is 5.84 Å². The fourth-order valence-corrected chi connectivity index (χ4v) is 2.40. The number of nitrogens with one attached hydrogen (secondary N) is 1. The molecule has 0 atom stereocenters. The number of aryl methyl sites for hydroxylation is 2. The molecule has 5 heteroatoms. The smallest absolute Gasteiger partial charge is 0.237 e. The molecule has 0 saturated carbocycles. The van der Waals surface area contributed by atoms with Gasteiger partial charge in [0.05, 0.1) is 12.4 Å². The highest BCUT2D eigenvalue weighted by molar-refractivity contribution is 5.92. The zero-order valence-electron chi connectivity index (χ0n) is 11.1. The Hall–Kier alpha value is -2.43. The molecule has 102 valence electrons.